The number of rotatable bonds is 4. The van der Waals surface area contributed by atoms with Gasteiger partial charge < -0.3 is 4.90 Å². The largest absolute Gasteiger partial charge is 0.348 e. The van der Waals surface area contributed by atoms with Gasteiger partial charge in [0.2, 0.25) is 5.91 Å². The third-order valence-electron chi connectivity index (χ3n) is 4.47. The van der Waals surface area contributed by atoms with Crippen LogP contribution in [0.25, 0.3) is 11.3 Å². The molecule has 1 aliphatic heterocycles. The molecular weight excluding hydrogens is 300 g/mol. The summed E-state index contributed by atoms with van der Waals surface area (Å²) in [6.07, 6.45) is 7.18. The van der Waals surface area contributed by atoms with E-state index < -0.39 is 0 Å². The molecule has 0 N–H and O–H groups in total. The minimum Gasteiger partial charge on any atom is -0.348 e. The van der Waals surface area contributed by atoms with Crippen molar-refractivity contribution >= 4 is 11.5 Å². The van der Waals surface area contributed by atoms with Crippen LogP contribution in [-0.4, -0.2) is 59.2 Å². The quantitative estimate of drug-likeness (QED) is 0.867. The van der Waals surface area contributed by atoms with E-state index in [-0.39, 0.29) is 5.91 Å². The van der Waals surface area contributed by atoms with Gasteiger partial charge in [-0.2, -0.15) is 5.10 Å². The van der Waals surface area contributed by atoms with Gasteiger partial charge >= 0.3 is 0 Å². The molecule has 0 fully saturated rings. The smallest absolute Gasteiger partial charge is 0.236 e. The maximum atomic E-state index is 11.8. The average molecular weight is 324 g/mol. The summed E-state index contributed by atoms with van der Waals surface area (Å²) in [4.78, 5) is 15.6. The molecule has 1 aromatic carbocycles. The van der Waals surface area contributed by atoms with E-state index in [0.29, 0.717) is 6.54 Å². The Morgan fingerprint density at radius 1 is 1.29 bits per heavy atom. The van der Waals surface area contributed by atoms with Crippen LogP contribution in [0.3, 0.4) is 0 Å². The number of para-hydroxylation sites is 1. The zero-order valence-electron chi connectivity index (χ0n) is 14.6. The number of amides is 1. The summed E-state index contributed by atoms with van der Waals surface area (Å²) in [7, 11) is 3.60. The minimum atomic E-state index is 0.152. The number of aromatic nitrogens is 2. The Labute approximate surface area is 143 Å². The predicted octanol–water partition coefficient (Wildman–Crippen LogP) is 2.36. The van der Waals surface area contributed by atoms with Gasteiger partial charge in [-0.25, -0.2) is 4.68 Å². The van der Waals surface area contributed by atoms with Gasteiger partial charge in [-0.15, -0.1) is 0 Å². The molecule has 0 spiro atoms. The molecule has 1 aliphatic rings. The molecule has 126 valence electrons. The number of aryl methyl sites for hydroxylation is 1. The number of carbonyl (C=O) groups is 1. The number of benzene rings is 1. The van der Waals surface area contributed by atoms with E-state index in [1.165, 1.54) is 11.1 Å². The molecule has 5 heteroatoms. The zero-order chi connectivity index (χ0) is 17.1. The fourth-order valence-electron chi connectivity index (χ4n) is 2.89. The summed E-state index contributed by atoms with van der Waals surface area (Å²) in [6.45, 7) is 4.29. The van der Waals surface area contributed by atoms with Crippen molar-refractivity contribution in [3.63, 3.8) is 0 Å². The Bertz CT molecular complexity index is 760. The first kappa shape index (κ1) is 16.5. The molecule has 0 atom stereocenters. The van der Waals surface area contributed by atoms with Crippen LogP contribution in [0.5, 0.6) is 0 Å². The molecule has 24 heavy (non-hydrogen) atoms. The topological polar surface area (TPSA) is 41.4 Å². The fourth-order valence-corrected chi connectivity index (χ4v) is 2.89. The van der Waals surface area contributed by atoms with Crippen molar-refractivity contribution in [3.8, 4) is 5.69 Å². The SMILES string of the molecule is Cc1ccccc1-n1cc(C2=CCN(CC(=O)N(C)C)CC2)cn1. The minimum absolute atomic E-state index is 0.152. The van der Waals surface area contributed by atoms with E-state index in [9.17, 15) is 4.79 Å². The zero-order valence-corrected chi connectivity index (χ0v) is 14.6. The van der Waals surface area contributed by atoms with E-state index in [0.717, 1.165) is 30.8 Å². The van der Waals surface area contributed by atoms with E-state index in [4.69, 9.17) is 0 Å². The fraction of sp³-hybridized carbons (Fsp3) is 0.368. The van der Waals surface area contributed by atoms with E-state index >= 15 is 0 Å². The molecule has 0 aliphatic carbocycles. The lowest BCUT2D eigenvalue weighted by atomic mass is 10.0. The number of likely N-dealkylation sites (N-methyl/N-ethyl adjacent to an activating group) is 1. The van der Waals surface area contributed by atoms with E-state index in [2.05, 4.69) is 41.3 Å². The van der Waals surface area contributed by atoms with Gasteiger partial charge in [-0.3, -0.25) is 9.69 Å². The Hall–Kier alpha value is -2.40. The maximum absolute atomic E-state index is 11.8. The van der Waals surface area contributed by atoms with Gasteiger partial charge in [-0.1, -0.05) is 24.3 Å². The van der Waals surface area contributed by atoms with Crippen LogP contribution in [-0.2, 0) is 4.79 Å². The van der Waals surface area contributed by atoms with Gasteiger partial charge in [0.25, 0.3) is 0 Å². The van der Waals surface area contributed by atoms with Crippen molar-refractivity contribution < 1.29 is 4.79 Å². The second-order valence-electron chi connectivity index (χ2n) is 6.46. The van der Waals surface area contributed by atoms with E-state index in [1.54, 1.807) is 19.0 Å². The van der Waals surface area contributed by atoms with Gasteiger partial charge in [0, 0.05) is 38.9 Å². The highest BCUT2D eigenvalue weighted by Gasteiger charge is 2.17. The number of carbonyl (C=O) groups excluding carboxylic acids is 1. The normalized spacial score (nSPS) is 15.2. The van der Waals surface area contributed by atoms with Crippen molar-refractivity contribution in [2.45, 2.75) is 13.3 Å². The molecule has 0 radical (unpaired) electrons. The molecule has 3 rings (SSSR count). The van der Waals surface area contributed by atoms with Crippen LogP contribution in [0.1, 0.15) is 17.5 Å². The maximum Gasteiger partial charge on any atom is 0.236 e. The standard InChI is InChI=1S/C19H24N4O/c1-15-6-4-5-7-18(15)23-13-17(12-20-23)16-8-10-22(11-9-16)14-19(24)21(2)3/h4-8,12-13H,9-11,14H2,1-3H3. The molecule has 1 amide bonds. The second-order valence-corrected chi connectivity index (χ2v) is 6.46. The van der Waals surface area contributed by atoms with Crippen LogP contribution in [0.15, 0.2) is 42.7 Å². The highest BCUT2D eigenvalue weighted by atomic mass is 16.2. The molecular formula is C19H24N4O. The van der Waals surface area contributed by atoms with Crippen LogP contribution in [0.4, 0.5) is 0 Å². The van der Waals surface area contributed by atoms with Crippen LogP contribution in [0, 0.1) is 6.92 Å². The lowest BCUT2D eigenvalue weighted by Crippen LogP contribution is -2.38. The van der Waals surface area contributed by atoms with Crippen LogP contribution >= 0.6 is 0 Å². The third-order valence-corrected chi connectivity index (χ3v) is 4.47. The molecule has 2 aromatic rings. The molecule has 0 unspecified atom stereocenters. The third kappa shape index (κ3) is 3.57. The van der Waals surface area contributed by atoms with Gasteiger partial charge in [0.05, 0.1) is 18.4 Å². The van der Waals surface area contributed by atoms with Crippen LogP contribution in [0.2, 0.25) is 0 Å². The van der Waals surface area contributed by atoms with E-state index in [1.807, 2.05) is 23.0 Å². The Kier molecular flexibility index (Phi) is 4.81. The summed E-state index contributed by atoms with van der Waals surface area (Å²) in [5, 5.41) is 4.51. The summed E-state index contributed by atoms with van der Waals surface area (Å²) >= 11 is 0. The highest BCUT2D eigenvalue weighted by molar-refractivity contribution is 5.78. The lowest BCUT2D eigenvalue weighted by Gasteiger charge is -2.26. The lowest BCUT2D eigenvalue weighted by molar-refractivity contribution is -0.129. The summed E-state index contributed by atoms with van der Waals surface area (Å²) in [6, 6.07) is 8.24. The summed E-state index contributed by atoms with van der Waals surface area (Å²) in [5.74, 6) is 0.152. The highest BCUT2D eigenvalue weighted by Crippen LogP contribution is 2.23. The number of nitrogens with zero attached hydrogens (tertiary/aromatic N) is 4. The molecule has 0 bridgehead atoms. The van der Waals surface area contributed by atoms with Gasteiger partial charge in [0.15, 0.2) is 0 Å². The molecule has 2 heterocycles. The average Bonchev–Trinajstić information content (AvgIpc) is 3.05. The van der Waals surface area contributed by atoms with Crippen molar-refractivity contribution in [3.05, 3.63) is 53.9 Å². The molecule has 0 saturated heterocycles. The summed E-state index contributed by atoms with van der Waals surface area (Å²) < 4.78 is 1.94. The first-order chi connectivity index (χ1) is 11.5. The molecule has 0 saturated carbocycles. The van der Waals surface area contributed by atoms with Crippen LogP contribution < -0.4 is 0 Å². The number of hydrogen-bond donors (Lipinski definition) is 0. The van der Waals surface area contributed by atoms with Gasteiger partial charge in [0.1, 0.15) is 0 Å². The monoisotopic (exact) mass is 324 g/mol. The van der Waals surface area contributed by atoms with Crippen molar-refractivity contribution in [2.75, 3.05) is 33.7 Å². The first-order valence-corrected chi connectivity index (χ1v) is 8.27. The molecule has 1 aromatic heterocycles. The summed E-state index contributed by atoms with van der Waals surface area (Å²) in [5.41, 5.74) is 4.79. The second kappa shape index (κ2) is 7.01. The Morgan fingerprint density at radius 2 is 2.08 bits per heavy atom. The first-order valence-electron chi connectivity index (χ1n) is 8.27. The van der Waals surface area contributed by atoms with Crippen molar-refractivity contribution in [1.82, 2.24) is 19.6 Å². The van der Waals surface area contributed by atoms with Crippen molar-refractivity contribution in [1.29, 1.82) is 0 Å². The Balaban J connectivity index is 1.70. The molecule has 5 nitrogen and oxygen atoms in total. The van der Waals surface area contributed by atoms with Gasteiger partial charge in [-0.05, 0) is 30.5 Å². The Morgan fingerprint density at radius 3 is 2.75 bits per heavy atom. The van der Waals surface area contributed by atoms with Crippen molar-refractivity contribution in [2.24, 2.45) is 0 Å². The number of hydrogen-bond acceptors (Lipinski definition) is 3. The predicted molar refractivity (Wildman–Crippen MR) is 96.0 cm³/mol.